The Kier molecular flexibility index (Phi) is 7.03. The van der Waals surface area contributed by atoms with Gasteiger partial charge >= 0.3 is 0 Å². The van der Waals surface area contributed by atoms with Crippen LogP contribution in [0.25, 0.3) is 22.8 Å². The average molecular weight is 495 g/mol. The number of amides is 2. The standard InChI is InChI=1S/C30H30N4O3/c1-21(2)28(35)31-24-15-13-22(14-16-24)27-26(32-29(37-27)23-9-5-3-6-10-23)30(36)34-19-17-33(18-20-34)25-11-7-4-8-12-25/h3-16,21H,17-20H2,1-2H3,(H,31,35). The number of hydrogen-bond acceptors (Lipinski definition) is 5. The van der Waals surface area contributed by atoms with E-state index in [0.29, 0.717) is 36.1 Å². The molecule has 0 radical (unpaired) electrons. The Balaban J connectivity index is 1.41. The number of carbonyl (C=O) groups excluding carboxylic acids is 2. The predicted octanol–water partition coefficient (Wildman–Crippen LogP) is 5.57. The van der Waals surface area contributed by atoms with Gasteiger partial charge in [-0.1, -0.05) is 50.2 Å². The molecular formula is C30H30N4O3. The van der Waals surface area contributed by atoms with Crippen LogP contribution in [-0.4, -0.2) is 47.9 Å². The second-order valence-corrected chi connectivity index (χ2v) is 9.40. The number of oxazole rings is 1. The molecule has 2 heterocycles. The largest absolute Gasteiger partial charge is 0.435 e. The Bertz CT molecular complexity index is 1360. The lowest BCUT2D eigenvalue weighted by molar-refractivity contribution is -0.118. The molecule has 1 fully saturated rings. The molecule has 37 heavy (non-hydrogen) atoms. The Morgan fingerprint density at radius 2 is 1.43 bits per heavy atom. The number of nitrogens with one attached hydrogen (secondary N) is 1. The first kappa shape index (κ1) is 24.3. The van der Waals surface area contributed by atoms with Gasteiger partial charge in [0.2, 0.25) is 11.8 Å². The van der Waals surface area contributed by atoms with E-state index in [9.17, 15) is 9.59 Å². The van der Waals surface area contributed by atoms with Gasteiger partial charge in [0.05, 0.1) is 0 Å². The van der Waals surface area contributed by atoms with Crippen molar-refractivity contribution in [1.82, 2.24) is 9.88 Å². The fourth-order valence-corrected chi connectivity index (χ4v) is 4.31. The van der Waals surface area contributed by atoms with Crippen LogP contribution in [0.4, 0.5) is 11.4 Å². The fraction of sp³-hybridized carbons (Fsp3) is 0.233. The van der Waals surface area contributed by atoms with Gasteiger partial charge in [0.15, 0.2) is 11.5 Å². The van der Waals surface area contributed by atoms with Crippen molar-refractivity contribution in [3.63, 3.8) is 0 Å². The molecule has 188 valence electrons. The van der Waals surface area contributed by atoms with E-state index in [1.807, 2.05) is 91.5 Å². The molecule has 1 aliphatic rings. The zero-order valence-electron chi connectivity index (χ0n) is 21.1. The van der Waals surface area contributed by atoms with Gasteiger partial charge < -0.3 is 19.5 Å². The molecule has 0 bridgehead atoms. The van der Waals surface area contributed by atoms with Crippen LogP contribution in [0, 0.1) is 5.92 Å². The first-order valence-electron chi connectivity index (χ1n) is 12.6. The third kappa shape index (κ3) is 5.40. The number of benzene rings is 3. The average Bonchev–Trinajstić information content (AvgIpc) is 3.40. The maximum atomic E-state index is 13.7. The van der Waals surface area contributed by atoms with E-state index in [1.165, 1.54) is 0 Å². The van der Waals surface area contributed by atoms with Gasteiger partial charge in [-0.3, -0.25) is 9.59 Å². The smallest absolute Gasteiger partial charge is 0.276 e. The highest BCUT2D eigenvalue weighted by molar-refractivity contribution is 5.99. The molecule has 1 aliphatic heterocycles. The van der Waals surface area contributed by atoms with Gasteiger partial charge in [-0.25, -0.2) is 4.98 Å². The van der Waals surface area contributed by atoms with Crippen molar-refractivity contribution in [1.29, 1.82) is 0 Å². The molecule has 0 aliphatic carbocycles. The highest BCUT2D eigenvalue weighted by Crippen LogP contribution is 2.32. The second kappa shape index (κ2) is 10.7. The van der Waals surface area contributed by atoms with Crippen LogP contribution >= 0.6 is 0 Å². The van der Waals surface area contributed by atoms with E-state index in [0.717, 1.165) is 29.9 Å². The summed E-state index contributed by atoms with van der Waals surface area (Å²) in [5.74, 6) is 0.513. The molecular weight excluding hydrogens is 464 g/mol. The number of hydrogen-bond donors (Lipinski definition) is 1. The van der Waals surface area contributed by atoms with Crippen molar-refractivity contribution < 1.29 is 14.0 Å². The summed E-state index contributed by atoms with van der Waals surface area (Å²) >= 11 is 0. The highest BCUT2D eigenvalue weighted by atomic mass is 16.4. The van der Waals surface area contributed by atoms with E-state index in [4.69, 9.17) is 4.42 Å². The molecule has 7 heteroatoms. The summed E-state index contributed by atoms with van der Waals surface area (Å²) in [7, 11) is 0. The van der Waals surface area contributed by atoms with Gasteiger partial charge in [0.25, 0.3) is 5.91 Å². The lowest BCUT2D eigenvalue weighted by Gasteiger charge is -2.35. The zero-order chi connectivity index (χ0) is 25.8. The van der Waals surface area contributed by atoms with Crippen molar-refractivity contribution in [3.05, 3.63) is 90.6 Å². The first-order chi connectivity index (χ1) is 18.0. The van der Waals surface area contributed by atoms with Gasteiger partial charge in [0, 0.05) is 54.6 Å². The summed E-state index contributed by atoms with van der Waals surface area (Å²) in [5.41, 5.74) is 3.68. The molecule has 1 N–H and O–H groups in total. The van der Waals surface area contributed by atoms with Crippen LogP contribution in [0.5, 0.6) is 0 Å². The highest BCUT2D eigenvalue weighted by Gasteiger charge is 2.29. The van der Waals surface area contributed by atoms with Crippen LogP contribution in [0.15, 0.2) is 89.3 Å². The van der Waals surface area contributed by atoms with E-state index in [1.54, 1.807) is 0 Å². The van der Waals surface area contributed by atoms with Gasteiger partial charge in [-0.15, -0.1) is 0 Å². The van der Waals surface area contributed by atoms with Gasteiger partial charge in [-0.05, 0) is 48.5 Å². The Hall–Kier alpha value is -4.39. The van der Waals surface area contributed by atoms with Crippen LogP contribution in [0.3, 0.4) is 0 Å². The molecule has 1 saturated heterocycles. The Morgan fingerprint density at radius 3 is 2.05 bits per heavy atom. The zero-order valence-corrected chi connectivity index (χ0v) is 21.1. The molecule has 2 amide bonds. The number of para-hydroxylation sites is 1. The number of anilines is 2. The number of aromatic nitrogens is 1. The molecule has 5 rings (SSSR count). The number of piperazine rings is 1. The lowest BCUT2D eigenvalue weighted by atomic mass is 10.1. The number of carbonyl (C=O) groups is 2. The van der Waals surface area contributed by atoms with Crippen molar-refractivity contribution in [2.45, 2.75) is 13.8 Å². The minimum Gasteiger partial charge on any atom is -0.435 e. The van der Waals surface area contributed by atoms with Crippen molar-refractivity contribution in [2.24, 2.45) is 5.92 Å². The molecule has 1 aromatic heterocycles. The first-order valence-corrected chi connectivity index (χ1v) is 12.6. The topological polar surface area (TPSA) is 78.7 Å². The molecule has 0 saturated carbocycles. The summed E-state index contributed by atoms with van der Waals surface area (Å²) < 4.78 is 6.19. The van der Waals surface area contributed by atoms with E-state index >= 15 is 0 Å². The maximum absolute atomic E-state index is 13.7. The molecule has 0 unspecified atom stereocenters. The summed E-state index contributed by atoms with van der Waals surface area (Å²) in [6, 6.07) is 27.1. The third-order valence-electron chi connectivity index (χ3n) is 6.48. The lowest BCUT2D eigenvalue weighted by Crippen LogP contribution is -2.49. The molecule has 7 nitrogen and oxygen atoms in total. The molecule has 3 aromatic carbocycles. The molecule has 0 spiro atoms. The Morgan fingerprint density at radius 1 is 0.811 bits per heavy atom. The minimum absolute atomic E-state index is 0.0516. The van der Waals surface area contributed by atoms with Crippen LogP contribution in [0.2, 0.25) is 0 Å². The monoisotopic (exact) mass is 494 g/mol. The van der Waals surface area contributed by atoms with Crippen molar-refractivity contribution in [3.8, 4) is 22.8 Å². The summed E-state index contributed by atoms with van der Waals surface area (Å²) in [6.45, 7) is 6.39. The van der Waals surface area contributed by atoms with E-state index in [-0.39, 0.29) is 17.7 Å². The van der Waals surface area contributed by atoms with E-state index < -0.39 is 0 Å². The van der Waals surface area contributed by atoms with Crippen molar-refractivity contribution in [2.75, 3.05) is 36.4 Å². The maximum Gasteiger partial charge on any atom is 0.276 e. The quantitative estimate of drug-likeness (QED) is 0.379. The normalized spacial score (nSPS) is 13.6. The minimum atomic E-state index is -0.147. The van der Waals surface area contributed by atoms with Crippen LogP contribution in [-0.2, 0) is 4.79 Å². The molecule has 4 aromatic rings. The predicted molar refractivity (Wildman–Crippen MR) is 145 cm³/mol. The third-order valence-corrected chi connectivity index (χ3v) is 6.48. The van der Waals surface area contributed by atoms with Crippen molar-refractivity contribution >= 4 is 23.2 Å². The fourth-order valence-electron chi connectivity index (χ4n) is 4.31. The summed E-state index contributed by atoms with van der Waals surface area (Å²) in [4.78, 5) is 34.6. The number of rotatable bonds is 6. The van der Waals surface area contributed by atoms with Gasteiger partial charge in [0.1, 0.15) is 0 Å². The van der Waals surface area contributed by atoms with Crippen LogP contribution < -0.4 is 10.2 Å². The summed E-state index contributed by atoms with van der Waals surface area (Å²) in [5, 5.41) is 2.89. The van der Waals surface area contributed by atoms with E-state index in [2.05, 4.69) is 27.3 Å². The molecule has 0 atom stereocenters. The number of nitrogens with zero attached hydrogens (tertiary/aromatic N) is 3. The SMILES string of the molecule is CC(C)C(=O)Nc1ccc(-c2oc(-c3ccccc3)nc2C(=O)N2CCN(c3ccccc3)CC2)cc1. The second-order valence-electron chi connectivity index (χ2n) is 9.40. The van der Waals surface area contributed by atoms with Crippen LogP contribution in [0.1, 0.15) is 24.3 Å². The van der Waals surface area contributed by atoms with Gasteiger partial charge in [-0.2, -0.15) is 0 Å². The summed E-state index contributed by atoms with van der Waals surface area (Å²) in [6.07, 6.45) is 0. The Labute approximate surface area is 216 Å².